The lowest BCUT2D eigenvalue weighted by atomic mass is 10.1. The molecular weight excluding hydrogens is 554 g/mol. The van der Waals surface area contributed by atoms with Crippen molar-refractivity contribution >= 4 is 40.6 Å². The van der Waals surface area contributed by atoms with Crippen molar-refractivity contribution in [3.63, 3.8) is 0 Å². The smallest absolute Gasteiger partial charge is 0.271 e. The van der Waals surface area contributed by atoms with E-state index in [2.05, 4.69) is 33.5 Å². The van der Waals surface area contributed by atoms with Gasteiger partial charge in [-0.3, -0.25) is 9.36 Å². The Hall–Kier alpha value is -3.86. The number of thioether (sulfide) groups is 1. The van der Waals surface area contributed by atoms with E-state index in [1.807, 2.05) is 65.2 Å². The number of aryl methyl sites for hydroxylation is 1. The minimum Gasteiger partial charge on any atom is -0.454 e. The highest BCUT2D eigenvalue weighted by Crippen LogP contribution is 2.34. The molecule has 11 heteroatoms. The van der Waals surface area contributed by atoms with Crippen LogP contribution in [-0.4, -0.2) is 32.4 Å². The molecule has 3 aromatic carbocycles. The Kier molecular flexibility index (Phi) is 7.23. The predicted octanol–water partition coefficient (Wildman–Crippen LogP) is 6.30. The van der Waals surface area contributed by atoms with E-state index in [0.29, 0.717) is 45.5 Å². The van der Waals surface area contributed by atoms with Gasteiger partial charge in [0.2, 0.25) is 6.79 Å². The number of nitrogens with one attached hydrogen (secondary N) is 1. The SMILES string of the molecule is Cc1ccccc1-n1c(SCc2nc(C(=O)NCc3ccc4c(c3)OCO4)cs2)nnc1-c1ccccc1Cl. The monoisotopic (exact) mass is 575 g/mol. The minimum absolute atomic E-state index is 0.216. The molecule has 0 saturated carbocycles. The summed E-state index contributed by atoms with van der Waals surface area (Å²) in [6.07, 6.45) is 0. The van der Waals surface area contributed by atoms with E-state index in [1.165, 1.54) is 23.1 Å². The van der Waals surface area contributed by atoms with Crippen LogP contribution in [0, 0.1) is 6.92 Å². The molecule has 5 aromatic rings. The van der Waals surface area contributed by atoms with Crippen LogP contribution in [0.25, 0.3) is 17.1 Å². The van der Waals surface area contributed by atoms with Gasteiger partial charge in [-0.25, -0.2) is 4.98 Å². The van der Waals surface area contributed by atoms with Crippen LogP contribution in [0.15, 0.2) is 77.3 Å². The van der Waals surface area contributed by atoms with Crippen LogP contribution in [0.1, 0.15) is 26.6 Å². The van der Waals surface area contributed by atoms with Crippen molar-refractivity contribution in [2.45, 2.75) is 24.4 Å². The molecule has 8 nitrogen and oxygen atoms in total. The second-order valence-corrected chi connectivity index (χ2v) is 11.0. The maximum Gasteiger partial charge on any atom is 0.271 e. The van der Waals surface area contributed by atoms with E-state index in [9.17, 15) is 4.79 Å². The number of rotatable bonds is 8. The zero-order valence-electron chi connectivity index (χ0n) is 20.8. The number of thiazole rings is 1. The standard InChI is InChI=1S/C28H22ClN5O3S2/c1-17-6-2-5-9-22(17)34-26(19-7-3-4-8-20(19)29)32-33-28(34)39-15-25-31-21(14-38-25)27(35)30-13-18-10-11-23-24(12-18)37-16-36-23/h2-12,14H,13,15-16H2,1H3,(H,30,35). The molecule has 0 bridgehead atoms. The highest BCUT2D eigenvalue weighted by atomic mass is 35.5. The molecule has 1 N–H and O–H groups in total. The molecule has 0 radical (unpaired) electrons. The molecular formula is C28H22ClN5O3S2. The molecule has 0 spiro atoms. The molecule has 0 atom stereocenters. The lowest BCUT2D eigenvalue weighted by Crippen LogP contribution is -2.23. The molecule has 0 fully saturated rings. The summed E-state index contributed by atoms with van der Waals surface area (Å²) in [4.78, 5) is 17.3. The average Bonchev–Trinajstić information content (AvgIpc) is 3.71. The largest absolute Gasteiger partial charge is 0.454 e. The number of fused-ring (bicyclic) bond motifs is 1. The number of hydrogen-bond donors (Lipinski definition) is 1. The lowest BCUT2D eigenvalue weighted by Gasteiger charge is -2.13. The normalized spacial score (nSPS) is 12.1. The first kappa shape index (κ1) is 25.4. The van der Waals surface area contributed by atoms with Gasteiger partial charge in [0.05, 0.1) is 16.5 Å². The van der Waals surface area contributed by atoms with E-state index in [0.717, 1.165) is 27.4 Å². The van der Waals surface area contributed by atoms with Crippen LogP contribution in [0.5, 0.6) is 11.5 Å². The number of carbonyl (C=O) groups excluding carboxylic acids is 1. The number of para-hydroxylation sites is 1. The third kappa shape index (κ3) is 5.36. The summed E-state index contributed by atoms with van der Waals surface area (Å²) < 4.78 is 12.8. The lowest BCUT2D eigenvalue weighted by molar-refractivity contribution is 0.0946. The molecule has 2 aromatic heterocycles. The number of amides is 1. The molecule has 1 amide bonds. The van der Waals surface area contributed by atoms with Gasteiger partial charge in [0.1, 0.15) is 10.7 Å². The number of halogens is 1. The van der Waals surface area contributed by atoms with Gasteiger partial charge >= 0.3 is 0 Å². The maximum atomic E-state index is 12.7. The van der Waals surface area contributed by atoms with Gasteiger partial charge in [-0.15, -0.1) is 21.5 Å². The minimum atomic E-state index is -0.232. The molecule has 3 heterocycles. The molecule has 0 aliphatic carbocycles. The second-order valence-electron chi connectivity index (χ2n) is 8.69. The van der Waals surface area contributed by atoms with Crippen molar-refractivity contribution in [2.75, 3.05) is 6.79 Å². The first-order valence-corrected chi connectivity index (χ1v) is 14.3. The molecule has 1 aliphatic heterocycles. The summed E-state index contributed by atoms with van der Waals surface area (Å²) >= 11 is 9.46. The van der Waals surface area contributed by atoms with Crippen LogP contribution < -0.4 is 14.8 Å². The Morgan fingerprint density at radius 2 is 1.90 bits per heavy atom. The van der Waals surface area contributed by atoms with Crippen molar-refractivity contribution in [1.29, 1.82) is 0 Å². The van der Waals surface area contributed by atoms with Gasteiger partial charge in [-0.1, -0.05) is 59.8 Å². The van der Waals surface area contributed by atoms with E-state index < -0.39 is 0 Å². The number of nitrogens with zero attached hydrogens (tertiary/aromatic N) is 4. The first-order valence-electron chi connectivity index (χ1n) is 12.1. The number of aromatic nitrogens is 4. The molecule has 6 rings (SSSR count). The predicted molar refractivity (Wildman–Crippen MR) is 152 cm³/mol. The quantitative estimate of drug-likeness (QED) is 0.217. The van der Waals surface area contributed by atoms with Crippen LogP contribution >= 0.6 is 34.7 Å². The molecule has 39 heavy (non-hydrogen) atoms. The van der Waals surface area contributed by atoms with Crippen molar-refractivity contribution in [3.8, 4) is 28.6 Å². The van der Waals surface area contributed by atoms with E-state index in [-0.39, 0.29) is 12.7 Å². The van der Waals surface area contributed by atoms with Gasteiger partial charge in [0.25, 0.3) is 5.91 Å². The van der Waals surface area contributed by atoms with Crippen molar-refractivity contribution in [2.24, 2.45) is 0 Å². The fourth-order valence-electron chi connectivity index (χ4n) is 4.14. The van der Waals surface area contributed by atoms with E-state index in [4.69, 9.17) is 21.1 Å². The summed E-state index contributed by atoms with van der Waals surface area (Å²) in [6, 6.07) is 21.3. The summed E-state index contributed by atoms with van der Waals surface area (Å²) in [5, 5.41) is 15.8. The molecule has 1 aliphatic rings. The Morgan fingerprint density at radius 3 is 2.77 bits per heavy atom. The third-order valence-electron chi connectivity index (χ3n) is 6.10. The topological polar surface area (TPSA) is 91.2 Å². The zero-order chi connectivity index (χ0) is 26.8. The van der Waals surface area contributed by atoms with Crippen LogP contribution in [0.2, 0.25) is 5.02 Å². The highest BCUT2D eigenvalue weighted by Gasteiger charge is 2.20. The third-order valence-corrected chi connectivity index (χ3v) is 8.40. The van der Waals surface area contributed by atoms with Crippen molar-refractivity contribution < 1.29 is 14.3 Å². The maximum absolute atomic E-state index is 12.7. The van der Waals surface area contributed by atoms with Crippen molar-refractivity contribution in [3.05, 3.63) is 99.0 Å². The number of hydrogen-bond acceptors (Lipinski definition) is 8. The van der Waals surface area contributed by atoms with E-state index in [1.54, 1.807) is 5.38 Å². The highest BCUT2D eigenvalue weighted by molar-refractivity contribution is 7.98. The van der Waals surface area contributed by atoms with Gasteiger partial charge in [0.15, 0.2) is 22.5 Å². The summed E-state index contributed by atoms with van der Waals surface area (Å²) in [6.45, 7) is 2.63. The van der Waals surface area contributed by atoms with Crippen LogP contribution in [0.4, 0.5) is 0 Å². The summed E-state index contributed by atoms with van der Waals surface area (Å²) in [5.74, 6) is 2.37. The van der Waals surface area contributed by atoms with Gasteiger partial charge in [-0.2, -0.15) is 0 Å². The molecule has 0 unspecified atom stereocenters. The Morgan fingerprint density at radius 1 is 1.08 bits per heavy atom. The average molecular weight is 576 g/mol. The number of benzene rings is 3. The fourth-order valence-corrected chi connectivity index (χ4v) is 6.10. The summed E-state index contributed by atoms with van der Waals surface area (Å²) in [7, 11) is 0. The van der Waals surface area contributed by atoms with E-state index >= 15 is 0 Å². The number of ether oxygens (including phenoxy) is 2. The Balaban J connectivity index is 1.17. The molecule has 196 valence electrons. The first-order chi connectivity index (χ1) is 19.1. The summed E-state index contributed by atoms with van der Waals surface area (Å²) in [5.41, 5.74) is 4.17. The van der Waals surface area contributed by atoms with Crippen LogP contribution in [-0.2, 0) is 12.3 Å². The van der Waals surface area contributed by atoms with Crippen LogP contribution in [0.3, 0.4) is 0 Å². The Labute approximate surface area is 238 Å². The van der Waals surface area contributed by atoms with Gasteiger partial charge < -0.3 is 14.8 Å². The van der Waals surface area contributed by atoms with Gasteiger partial charge in [-0.05, 0) is 48.4 Å². The zero-order valence-corrected chi connectivity index (χ0v) is 23.1. The molecule has 0 saturated heterocycles. The van der Waals surface area contributed by atoms with Crippen molar-refractivity contribution in [1.82, 2.24) is 25.1 Å². The van der Waals surface area contributed by atoms with Gasteiger partial charge in [0, 0.05) is 17.5 Å². The number of carbonyl (C=O) groups is 1. The fraction of sp³-hybridized carbons (Fsp3) is 0.143. The second kappa shape index (κ2) is 11.1. The Bertz CT molecular complexity index is 1670.